The molecule has 0 bridgehead atoms. The van der Waals surface area contributed by atoms with Crippen molar-refractivity contribution in [2.75, 3.05) is 5.32 Å². The number of hydrogen-bond acceptors (Lipinski definition) is 3. The Bertz CT molecular complexity index is 483. The maximum absolute atomic E-state index is 11.1. The molecule has 1 aliphatic rings. The highest BCUT2D eigenvalue weighted by atomic mass is 16.6. The number of nitrogens with one attached hydrogen (secondary N) is 1. The minimum absolute atomic E-state index is 0.227. The summed E-state index contributed by atoms with van der Waals surface area (Å²) in [4.78, 5) is 10.8. The number of nitro benzene ring substituents is 1. The van der Waals surface area contributed by atoms with Crippen molar-refractivity contribution in [3.05, 3.63) is 33.9 Å². The smallest absolute Gasteiger partial charge is 0.274 e. The van der Waals surface area contributed by atoms with Crippen molar-refractivity contribution in [2.24, 2.45) is 5.41 Å². The van der Waals surface area contributed by atoms with Gasteiger partial charge in [-0.25, -0.2) is 0 Å². The predicted octanol–water partition coefficient (Wildman–Crippen LogP) is 4.15. The maximum Gasteiger partial charge on any atom is 0.274 e. The summed E-state index contributed by atoms with van der Waals surface area (Å²) < 4.78 is 0. The van der Waals surface area contributed by atoms with Crippen LogP contribution in [0.4, 0.5) is 11.4 Å². The van der Waals surface area contributed by atoms with Crippen LogP contribution in [-0.2, 0) is 6.42 Å². The Hall–Kier alpha value is -1.58. The quantitative estimate of drug-likeness (QED) is 0.655. The minimum atomic E-state index is -0.289. The second-order valence-corrected chi connectivity index (χ2v) is 6.20. The molecule has 0 spiro atoms. The first-order valence-electron chi connectivity index (χ1n) is 6.95. The van der Waals surface area contributed by atoms with Crippen LogP contribution in [0.15, 0.2) is 18.2 Å². The largest absolute Gasteiger partial charge is 0.382 e. The normalized spacial score (nSPS) is 21.3. The maximum atomic E-state index is 11.1. The topological polar surface area (TPSA) is 55.2 Å². The Balaban J connectivity index is 2.13. The van der Waals surface area contributed by atoms with E-state index < -0.39 is 0 Å². The SMILES string of the molecule is CCc1ccc(NC2CCC(C)(C)C2)cc1[N+](=O)[O-]. The fraction of sp³-hybridized carbons (Fsp3) is 0.600. The van der Waals surface area contributed by atoms with E-state index >= 15 is 0 Å². The average Bonchev–Trinajstić information content (AvgIpc) is 2.68. The monoisotopic (exact) mass is 262 g/mol. The number of benzene rings is 1. The van der Waals surface area contributed by atoms with Gasteiger partial charge in [-0.15, -0.1) is 0 Å². The van der Waals surface area contributed by atoms with Crippen molar-refractivity contribution in [3.63, 3.8) is 0 Å². The van der Waals surface area contributed by atoms with Crippen LogP contribution in [0, 0.1) is 15.5 Å². The molecule has 0 aromatic heterocycles. The lowest BCUT2D eigenvalue weighted by atomic mass is 9.92. The molecule has 4 heteroatoms. The molecular weight excluding hydrogens is 240 g/mol. The van der Waals surface area contributed by atoms with Crippen molar-refractivity contribution < 1.29 is 4.92 Å². The second kappa shape index (κ2) is 5.19. The molecule has 0 amide bonds. The first-order chi connectivity index (χ1) is 8.91. The van der Waals surface area contributed by atoms with Crippen LogP contribution < -0.4 is 5.32 Å². The third-order valence-electron chi connectivity index (χ3n) is 4.00. The first-order valence-corrected chi connectivity index (χ1v) is 6.95. The van der Waals surface area contributed by atoms with Gasteiger partial charge in [0.2, 0.25) is 0 Å². The van der Waals surface area contributed by atoms with Gasteiger partial charge < -0.3 is 5.32 Å². The van der Waals surface area contributed by atoms with Crippen LogP contribution in [0.5, 0.6) is 0 Å². The van der Waals surface area contributed by atoms with Crippen molar-refractivity contribution in [1.29, 1.82) is 0 Å². The van der Waals surface area contributed by atoms with Crippen LogP contribution in [0.25, 0.3) is 0 Å². The first kappa shape index (κ1) is 13.8. The van der Waals surface area contributed by atoms with E-state index in [-0.39, 0.29) is 10.6 Å². The van der Waals surface area contributed by atoms with E-state index in [1.807, 2.05) is 19.1 Å². The molecule has 1 aliphatic carbocycles. The molecule has 104 valence electrons. The Morgan fingerprint density at radius 3 is 2.74 bits per heavy atom. The zero-order chi connectivity index (χ0) is 14.0. The molecule has 1 aromatic carbocycles. The molecule has 0 aliphatic heterocycles. The van der Waals surface area contributed by atoms with Crippen molar-refractivity contribution in [1.82, 2.24) is 0 Å². The third-order valence-corrected chi connectivity index (χ3v) is 4.00. The molecule has 1 saturated carbocycles. The van der Waals surface area contributed by atoms with Gasteiger partial charge in [0.25, 0.3) is 5.69 Å². The fourth-order valence-electron chi connectivity index (χ4n) is 2.92. The van der Waals surface area contributed by atoms with Crippen LogP contribution in [0.2, 0.25) is 0 Å². The van der Waals surface area contributed by atoms with E-state index in [9.17, 15) is 10.1 Å². The molecule has 19 heavy (non-hydrogen) atoms. The molecule has 0 heterocycles. The number of nitrogens with zero attached hydrogens (tertiary/aromatic N) is 1. The predicted molar refractivity (Wildman–Crippen MR) is 77.5 cm³/mol. The number of anilines is 1. The lowest BCUT2D eigenvalue weighted by molar-refractivity contribution is -0.385. The Morgan fingerprint density at radius 1 is 1.47 bits per heavy atom. The minimum Gasteiger partial charge on any atom is -0.382 e. The van der Waals surface area contributed by atoms with E-state index in [0.717, 1.165) is 24.1 Å². The van der Waals surface area contributed by atoms with E-state index in [1.165, 1.54) is 6.42 Å². The van der Waals surface area contributed by atoms with Crippen LogP contribution >= 0.6 is 0 Å². The number of aryl methyl sites for hydroxylation is 1. The second-order valence-electron chi connectivity index (χ2n) is 6.20. The molecule has 1 aromatic rings. The average molecular weight is 262 g/mol. The number of hydrogen-bond donors (Lipinski definition) is 1. The van der Waals surface area contributed by atoms with Gasteiger partial charge in [0, 0.05) is 23.4 Å². The Morgan fingerprint density at radius 2 is 2.21 bits per heavy atom. The molecule has 1 fully saturated rings. The fourth-order valence-corrected chi connectivity index (χ4v) is 2.92. The van der Waals surface area contributed by atoms with Gasteiger partial charge in [0.1, 0.15) is 0 Å². The highest BCUT2D eigenvalue weighted by Crippen LogP contribution is 2.38. The van der Waals surface area contributed by atoms with Gasteiger partial charge in [-0.2, -0.15) is 0 Å². The Labute approximate surface area is 114 Å². The summed E-state index contributed by atoms with van der Waals surface area (Å²) in [7, 11) is 0. The van der Waals surface area contributed by atoms with Crippen molar-refractivity contribution >= 4 is 11.4 Å². The van der Waals surface area contributed by atoms with Gasteiger partial charge in [0.15, 0.2) is 0 Å². The van der Waals surface area contributed by atoms with Gasteiger partial charge in [-0.05, 0) is 37.2 Å². The highest BCUT2D eigenvalue weighted by Gasteiger charge is 2.30. The highest BCUT2D eigenvalue weighted by molar-refractivity contribution is 5.55. The van der Waals surface area contributed by atoms with Crippen LogP contribution in [-0.4, -0.2) is 11.0 Å². The molecule has 0 radical (unpaired) electrons. The zero-order valence-electron chi connectivity index (χ0n) is 11.9. The summed E-state index contributed by atoms with van der Waals surface area (Å²) in [5, 5.41) is 14.5. The summed E-state index contributed by atoms with van der Waals surface area (Å²) in [6.45, 7) is 6.49. The van der Waals surface area contributed by atoms with E-state index in [1.54, 1.807) is 6.07 Å². The van der Waals surface area contributed by atoms with Crippen LogP contribution in [0.3, 0.4) is 0 Å². The summed E-state index contributed by atoms with van der Waals surface area (Å²) in [5.41, 5.74) is 2.27. The molecule has 0 saturated heterocycles. The van der Waals surface area contributed by atoms with E-state index in [2.05, 4.69) is 19.2 Å². The number of nitro groups is 1. The van der Waals surface area contributed by atoms with E-state index in [0.29, 0.717) is 17.9 Å². The molecule has 1 N–H and O–H groups in total. The molecule has 1 atom stereocenters. The summed E-state index contributed by atoms with van der Waals surface area (Å²) in [6.07, 6.45) is 4.15. The third kappa shape index (κ3) is 3.25. The lowest BCUT2D eigenvalue weighted by Crippen LogP contribution is -2.17. The van der Waals surface area contributed by atoms with Crippen molar-refractivity contribution in [2.45, 2.75) is 52.5 Å². The van der Waals surface area contributed by atoms with Gasteiger partial charge in [-0.3, -0.25) is 10.1 Å². The molecular formula is C15H22N2O2. The number of rotatable bonds is 4. The summed E-state index contributed by atoms with van der Waals surface area (Å²) >= 11 is 0. The van der Waals surface area contributed by atoms with Crippen LogP contribution in [0.1, 0.15) is 45.6 Å². The van der Waals surface area contributed by atoms with Gasteiger partial charge in [0.05, 0.1) is 4.92 Å². The molecule has 2 rings (SSSR count). The summed E-state index contributed by atoms with van der Waals surface area (Å²) in [5.74, 6) is 0. The summed E-state index contributed by atoms with van der Waals surface area (Å²) in [6, 6.07) is 5.92. The van der Waals surface area contributed by atoms with E-state index in [4.69, 9.17) is 0 Å². The van der Waals surface area contributed by atoms with Gasteiger partial charge in [-0.1, -0.05) is 26.8 Å². The molecule has 1 unspecified atom stereocenters. The van der Waals surface area contributed by atoms with Gasteiger partial charge >= 0.3 is 0 Å². The Kier molecular flexibility index (Phi) is 3.78. The zero-order valence-corrected chi connectivity index (χ0v) is 11.9. The standard InChI is InChI=1S/C15H22N2O2/c1-4-11-5-6-12(9-14(11)17(18)19)16-13-7-8-15(2,3)10-13/h5-6,9,13,16H,4,7-8,10H2,1-3H3. The molecule has 4 nitrogen and oxygen atoms in total. The lowest BCUT2D eigenvalue weighted by Gasteiger charge is -2.18. The van der Waals surface area contributed by atoms with Crippen molar-refractivity contribution in [3.8, 4) is 0 Å².